The van der Waals surface area contributed by atoms with Crippen molar-refractivity contribution in [1.29, 1.82) is 0 Å². The molecule has 9 nitrogen and oxygen atoms in total. The smallest absolute Gasteiger partial charge is 0.407 e. The number of rotatable bonds is 11. The summed E-state index contributed by atoms with van der Waals surface area (Å²) in [6.45, 7) is 0.0260. The molecule has 2 aromatic carbocycles. The molecule has 0 radical (unpaired) electrons. The molecule has 0 heterocycles. The van der Waals surface area contributed by atoms with Crippen molar-refractivity contribution < 1.29 is 29.0 Å². The van der Waals surface area contributed by atoms with Gasteiger partial charge in [0.2, 0.25) is 6.29 Å². The fourth-order valence-corrected chi connectivity index (χ4v) is 3.04. The Morgan fingerprint density at radius 2 is 1.57 bits per heavy atom. The molecular formula is C21H26N2O7. The molecule has 30 heavy (non-hydrogen) atoms. The number of nitrogens with one attached hydrogen (secondary N) is 1. The molecule has 0 spiro atoms. The largest absolute Gasteiger partial charge is 0.445 e. The third-order valence-corrected chi connectivity index (χ3v) is 4.56. The van der Waals surface area contributed by atoms with Gasteiger partial charge in [0.1, 0.15) is 12.7 Å². The first-order chi connectivity index (χ1) is 14.5. The molecule has 2 aromatic rings. The molecule has 3 atom stereocenters. The van der Waals surface area contributed by atoms with Gasteiger partial charge in [-0.1, -0.05) is 60.7 Å². The van der Waals surface area contributed by atoms with E-state index in [-0.39, 0.29) is 13.0 Å². The predicted octanol–water partition coefficient (Wildman–Crippen LogP) is 2.15. The molecule has 2 N–H and O–H groups in total. The van der Waals surface area contributed by atoms with Crippen LogP contribution in [0.4, 0.5) is 4.79 Å². The van der Waals surface area contributed by atoms with Gasteiger partial charge in [0, 0.05) is 19.1 Å². The van der Waals surface area contributed by atoms with E-state index in [0.717, 1.165) is 11.1 Å². The number of methoxy groups -OCH3 is 2. The van der Waals surface area contributed by atoms with Crippen molar-refractivity contribution in [1.82, 2.24) is 5.32 Å². The van der Waals surface area contributed by atoms with E-state index < -0.39 is 35.5 Å². The summed E-state index contributed by atoms with van der Waals surface area (Å²) in [5.74, 6) is 0. The van der Waals surface area contributed by atoms with Gasteiger partial charge in [0.05, 0.1) is 6.04 Å². The Bertz CT molecular complexity index is 784. The van der Waals surface area contributed by atoms with E-state index >= 15 is 0 Å². The Hall–Kier alpha value is -3.01. The van der Waals surface area contributed by atoms with E-state index in [2.05, 4.69) is 5.32 Å². The van der Waals surface area contributed by atoms with Crippen LogP contribution < -0.4 is 5.32 Å². The number of carbonyl (C=O) groups excluding carboxylic acids is 1. The van der Waals surface area contributed by atoms with Crippen LogP contribution >= 0.6 is 0 Å². The quantitative estimate of drug-likeness (QED) is 0.326. The molecule has 0 aliphatic carbocycles. The van der Waals surface area contributed by atoms with Crippen LogP contribution in [0.15, 0.2) is 60.7 Å². The second-order valence-corrected chi connectivity index (χ2v) is 6.61. The third kappa shape index (κ3) is 6.80. The topological polar surface area (TPSA) is 120 Å². The maximum absolute atomic E-state index is 12.3. The Balaban J connectivity index is 2.16. The fourth-order valence-electron chi connectivity index (χ4n) is 3.04. The number of hydrogen-bond acceptors (Lipinski definition) is 7. The number of hydrogen-bond donors (Lipinski definition) is 2. The summed E-state index contributed by atoms with van der Waals surface area (Å²) in [6.07, 6.45) is -3.55. The lowest BCUT2D eigenvalue weighted by Crippen LogP contribution is -2.56. The van der Waals surface area contributed by atoms with Crippen molar-refractivity contribution in [3.8, 4) is 0 Å². The highest BCUT2D eigenvalue weighted by Gasteiger charge is 2.44. The van der Waals surface area contributed by atoms with Gasteiger partial charge in [0.15, 0.2) is 0 Å². The molecule has 0 saturated carbocycles. The number of benzene rings is 2. The molecule has 162 valence electrons. The molecule has 9 heteroatoms. The van der Waals surface area contributed by atoms with E-state index in [4.69, 9.17) is 14.2 Å². The first-order valence-corrected chi connectivity index (χ1v) is 9.34. The molecule has 0 saturated heterocycles. The van der Waals surface area contributed by atoms with Gasteiger partial charge >= 0.3 is 6.09 Å². The maximum Gasteiger partial charge on any atom is 0.407 e. The Labute approximate surface area is 174 Å². The van der Waals surface area contributed by atoms with E-state index in [1.807, 2.05) is 24.3 Å². The number of ether oxygens (including phenoxy) is 3. The zero-order valence-corrected chi connectivity index (χ0v) is 16.8. The van der Waals surface area contributed by atoms with E-state index in [9.17, 15) is 20.0 Å². The van der Waals surface area contributed by atoms with Crippen LogP contribution in [-0.4, -0.2) is 54.8 Å². The number of alkyl carbamates (subject to hydrolysis) is 1. The van der Waals surface area contributed by atoms with Crippen molar-refractivity contribution in [2.75, 3.05) is 14.2 Å². The molecular weight excluding hydrogens is 392 g/mol. The van der Waals surface area contributed by atoms with Gasteiger partial charge in [-0.15, -0.1) is 0 Å². The molecule has 0 aromatic heterocycles. The monoisotopic (exact) mass is 418 g/mol. The normalized spacial score (nSPS) is 14.0. The highest BCUT2D eigenvalue weighted by Crippen LogP contribution is 2.16. The SMILES string of the molecule is COC(OC)[C@@H]([C@@H](O)[C@H](Cc1ccccc1)NC(=O)OCc1ccccc1)[N+](=O)[O-]. The Kier molecular flexibility index (Phi) is 9.20. The van der Waals surface area contributed by atoms with Gasteiger partial charge in [-0.2, -0.15) is 0 Å². The Morgan fingerprint density at radius 3 is 2.07 bits per heavy atom. The summed E-state index contributed by atoms with van der Waals surface area (Å²) in [5.41, 5.74) is 1.56. The van der Waals surface area contributed by atoms with Crippen LogP contribution in [0.3, 0.4) is 0 Å². The lowest BCUT2D eigenvalue weighted by Gasteiger charge is -2.28. The van der Waals surface area contributed by atoms with Crippen LogP contribution in [0.2, 0.25) is 0 Å². The van der Waals surface area contributed by atoms with Gasteiger partial charge in [0.25, 0.3) is 6.04 Å². The summed E-state index contributed by atoms with van der Waals surface area (Å²) in [4.78, 5) is 23.3. The summed E-state index contributed by atoms with van der Waals surface area (Å²) < 4.78 is 15.2. The van der Waals surface area contributed by atoms with Crippen molar-refractivity contribution in [3.63, 3.8) is 0 Å². The van der Waals surface area contributed by atoms with Crippen molar-refractivity contribution in [2.45, 2.75) is 37.5 Å². The lowest BCUT2D eigenvalue weighted by molar-refractivity contribution is -0.560. The average Bonchev–Trinajstić information content (AvgIpc) is 2.76. The van der Waals surface area contributed by atoms with Gasteiger partial charge in [-0.05, 0) is 17.5 Å². The highest BCUT2D eigenvalue weighted by atomic mass is 16.7. The van der Waals surface area contributed by atoms with Crippen molar-refractivity contribution in [3.05, 3.63) is 81.9 Å². The first-order valence-electron chi connectivity index (χ1n) is 9.34. The predicted molar refractivity (Wildman–Crippen MR) is 108 cm³/mol. The van der Waals surface area contributed by atoms with Crippen LogP contribution in [0.1, 0.15) is 11.1 Å². The summed E-state index contributed by atoms with van der Waals surface area (Å²) >= 11 is 0. The minimum absolute atomic E-state index is 0.0260. The number of aliphatic hydroxyl groups excluding tert-OH is 1. The number of nitro groups is 1. The van der Waals surface area contributed by atoms with Crippen molar-refractivity contribution in [2.24, 2.45) is 0 Å². The Morgan fingerprint density at radius 1 is 1.03 bits per heavy atom. The van der Waals surface area contributed by atoms with Crippen LogP contribution in [0, 0.1) is 10.1 Å². The fraction of sp³-hybridized carbons (Fsp3) is 0.381. The summed E-state index contributed by atoms with van der Waals surface area (Å²) in [7, 11) is 2.48. The third-order valence-electron chi connectivity index (χ3n) is 4.56. The number of nitrogens with zero attached hydrogens (tertiary/aromatic N) is 1. The zero-order chi connectivity index (χ0) is 21.9. The number of amides is 1. The summed E-state index contributed by atoms with van der Waals surface area (Å²) in [6, 6.07) is 15.4. The number of aliphatic hydroxyl groups is 1. The van der Waals surface area contributed by atoms with E-state index in [0.29, 0.717) is 0 Å². The van der Waals surface area contributed by atoms with Crippen molar-refractivity contribution >= 4 is 6.09 Å². The molecule has 0 bridgehead atoms. The molecule has 0 unspecified atom stereocenters. The zero-order valence-electron chi connectivity index (χ0n) is 16.8. The van der Waals surface area contributed by atoms with E-state index in [1.165, 1.54) is 14.2 Å². The summed E-state index contributed by atoms with van der Waals surface area (Å²) in [5, 5.41) is 24.9. The molecule has 0 fully saturated rings. The average molecular weight is 418 g/mol. The molecule has 1 amide bonds. The second-order valence-electron chi connectivity index (χ2n) is 6.61. The van der Waals surface area contributed by atoms with Crippen LogP contribution in [0.25, 0.3) is 0 Å². The van der Waals surface area contributed by atoms with Gasteiger partial charge < -0.3 is 24.6 Å². The first kappa shape index (κ1) is 23.3. The maximum atomic E-state index is 12.3. The van der Waals surface area contributed by atoms with E-state index in [1.54, 1.807) is 36.4 Å². The molecule has 0 aliphatic heterocycles. The van der Waals surface area contributed by atoms with Gasteiger partial charge in [-0.25, -0.2) is 4.79 Å². The lowest BCUT2D eigenvalue weighted by atomic mass is 9.96. The van der Waals surface area contributed by atoms with Crippen LogP contribution in [0.5, 0.6) is 0 Å². The molecule has 2 rings (SSSR count). The molecule has 0 aliphatic rings. The standard InChI is InChI=1S/C21H26N2O7/c1-28-20(29-2)18(23(26)27)19(24)17(13-15-9-5-3-6-10-15)22-21(25)30-14-16-11-7-4-8-12-16/h3-12,17-20,24H,13-14H2,1-2H3,(H,22,25)/t17-,18+,19-/m0/s1. The number of carbonyl (C=O) groups is 1. The van der Waals surface area contributed by atoms with Gasteiger partial charge in [-0.3, -0.25) is 10.1 Å². The second kappa shape index (κ2) is 11.9. The highest BCUT2D eigenvalue weighted by molar-refractivity contribution is 5.67. The minimum atomic E-state index is -1.62. The van der Waals surface area contributed by atoms with Crippen LogP contribution in [-0.2, 0) is 27.2 Å². The minimum Gasteiger partial charge on any atom is -0.445 e.